The fourth-order valence-corrected chi connectivity index (χ4v) is 7.28. The lowest BCUT2D eigenvalue weighted by molar-refractivity contribution is 0.0876. The number of aliphatic hydroxyl groups is 1. The lowest BCUT2D eigenvalue weighted by Crippen LogP contribution is -2.28. The Kier molecular flexibility index (Phi) is 7.39. The van der Waals surface area contributed by atoms with Crippen molar-refractivity contribution >= 4 is 5.69 Å². The van der Waals surface area contributed by atoms with Crippen molar-refractivity contribution in [1.29, 1.82) is 0 Å². The predicted octanol–water partition coefficient (Wildman–Crippen LogP) is 5.58. The van der Waals surface area contributed by atoms with Gasteiger partial charge in [0.1, 0.15) is 24.0 Å². The molecule has 7 rings (SSSR count). The fourth-order valence-electron chi connectivity index (χ4n) is 7.28. The van der Waals surface area contributed by atoms with E-state index in [1.54, 1.807) is 13.2 Å². The van der Waals surface area contributed by atoms with E-state index in [0.717, 1.165) is 95.6 Å². The highest BCUT2D eigenvalue weighted by Gasteiger charge is 2.39. The monoisotopic (exact) mass is 588 g/mol. The summed E-state index contributed by atoms with van der Waals surface area (Å²) in [4.78, 5) is 0. The summed E-state index contributed by atoms with van der Waals surface area (Å²) in [5.74, 6) is 2.66. The molecule has 1 saturated carbocycles. The van der Waals surface area contributed by atoms with E-state index in [0.29, 0.717) is 37.1 Å². The summed E-state index contributed by atoms with van der Waals surface area (Å²) in [6.45, 7) is 4.19. The molecule has 0 bridgehead atoms. The molecule has 0 saturated heterocycles. The molecule has 9 heteroatoms. The van der Waals surface area contributed by atoms with Crippen LogP contribution in [0.1, 0.15) is 72.4 Å². The zero-order chi connectivity index (χ0) is 29.7. The molecule has 4 N–H and O–H groups in total. The zero-order valence-corrected chi connectivity index (χ0v) is 25.0. The second kappa shape index (κ2) is 11.4. The Morgan fingerprint density at radius 1 is 0.930 bits per heavy atom. The van der Waals surface area contributed by atoms with E-state index < -0.39 is 6.10 Å². The van der Waals surface area contributed by atoms with Crippen LogP contribution in [-0.2, 0) is 19.4 Å². The van der Waals surface area contributed by atoms with Gasteiger partial charge in [-0.1, -0.05) is 6.92 Å². The summed E-state index contributed by atoms with van der Waals surface area (Å²) in [7, 11) is 3.24. The van der Waals surface area contributed by atoms with Crippen LogP contribution in [0.4, 0.5) is 5.69 Å². The smallest absolute Gasteiger partial charge is 0.200 e. The van der Waals surface area contributed by atoms with E-state index in [2.05, 4.69) is 10.6 Å². The number of methoxy groups -OCH3 is 2. The van der Waals surface area contributed by atoms with Gasteiger partial charge in [-0.05, 0) is 73.9 Å². The molecule has 43 heavy (non-hydrogen) atoms. The molecule has 0 unspecified atom stereocenters. The largest absolute Gasteiger partial charge is 0.502 e. The summed E-state index contributed by atoms with van der Waals surface area (Å²) in [6, 6.07) is 7.66. The van der Waals surface area contributed by atoms with Gasteiger partial charge in [-0.2, -0.15) is 0 Å². The van der Waals surface area contributed by atoms with Crippen molar-refractivity contribution in [3.8, 4) is 45.6 Å². The number of hydrogen-bond donors (Lipinski definition) is 4. The van der Waals surface area contributed by atoms with Crippen LogP contribution in [0.3, 0.4) is 0 Å². The topological polar surface area (TPSA) is 111 Å². The SMILES string of the molecule is CCNCOc1cc(OC)c2c3c1CNc1cc4c(c(c1-3)CC2)[C@@H](O)[C@H](c1cc(OC)c(O)c(OC2CCCC2)c1)CO4. The van der Waals surface area contributed by atoms with Gasteiger partial charge in [-0.3, -0.25) is 5.32 Å². The van der Waals surface area contributed by atoms with Crippen molar-refractivity contribution in [2.75, 3.05) is 39.4 Å². The molecule has 1 fully saturated rings. The highest BCUT2D eigenvalue weighted by Crippen LogP contribution is 2.56. The Morgan fingerprint density at radius 3 is 2.47 bits per heavy atom. The first kappa shape index (κ1) is 28.0. The molecule has 2 aliphatic carbocycles. The van der Waals surface area contributed by atoms with Gasteiger partial charge in [0.15, 0.2) is 11.5 Å². The van der Waals surface area contributed by atoms with Gasteiger partial charge >= 0.3 is 0 Å². The van der Waals surface area contributed by atoms with Gasteiger partial charge in [0.2, 0.25) is 5.75 Å². The first-order chi connectivity index (χ1) is 21.0. The summed E-state index contributed by atoms with van der Waals surface area (Å²) in [5, 5.41) is 29.8. The highest BCUT2D eigenvalue weighted by molar-refractivity contribution is 5.93. The number of aliphatic hydroxyl groups excluding tert-OH is 1. The van der Waals surface area contributed by atoms with Crippen molar-refractivity contribution < 1.29 is 33.9 Å². The van der Waals surface area contributed by atoms with Crippen LogP contribution in [0.5, 0.6) is 34.5 Å². The number of hydrogen-bond acceptors (Lipinski definition) is 9. The second-order valence-corrected chi connectivity index (χ2v) is 11.8. The van der Waals surface area contributed by atoms with Crippen molar-refractivity contribution in [3.63, 3.8) is 0 Å². The molecular formula is C34H40N2O7. The number of phenolic OH excluding ortho intramolecular Hbond substituents is 1. The van der Waals surface area contributed by atoms with E-state index >= 15 is 0 Å². The van der Waals surface area contributed by atoms with E-state index in [1.807, 2.05) is 25.1 Å². The lowest BCUT2D eigenvalue weighted by Gasteiger charge is -2.38. The van der Waals surface area contributed by atoms with Crippen LogP contribution >= 0.6 is 0 Å². The third kappa shape index (κ3) is 4.69. The Morgan fingerprint density at radius 2 is 1.70 bits per heavy atom. The maximum Gasteiger partial charge on any atom is 0.200 e. The molecule has 0 radical (unpaired) electrons. The number of phenols is 1. The number of benzene rings is 3. The van der Waals surface area contributed by atoms with Crippen molar-refractivity contribution in [2.24, 2.45) is 0 Å². The molecule has 2 heterocycles. The minimum absolute atomic E-state index is 0.00903. The maximum absolute atomic E-state index is 12.1. The normalized spacial score (nSPS) is 20.0. The van der Waals surface area contributed by atoms with Gasteiger partial charge in [0, 0.05) is 52.5 Å². The summed E-state index contributed by atoms with van der Waals surface area (Å²) < 4.78 is 30.2. The van der Waals surface area contributed by atoms with Crippen LogP contribution in [0, 0.1) is 0 Å². The summed E-state index contributed by atoms with van der Waals surface area (Å²) in [5.41, 5.74) is 8.20. The Labute approximate surface area is 252 Å². The summed E-state index contributed by atoms with van der Waals surface area (Å²) >= 11 is 0. The van der Waals surface area contributed by atoms with Crippen LogP contribution in [0.25, 0.3) is 11.1 Å². The molecule has 0 aromatic heterocycles. The predicted molar refractivity (Wildman–Crippen MR) is 163 cm³/mol. The molecule has 9 nitrogen and oxygen atoms in total. The fraction of sp³-hybridized carbons (Fsp3) is 0.471. The third-order valence-electron chi connectivity index (χ3n) is 9.43. The van der Waals surface area contributed by atoms with E-state index in [1.165, 1.54) is 12.7 Å². The maximum atomic E-state index is 12.1. The van der Waals surface area contributed by atoms with Crippen molar-refractivity contribution in [1.82, 2.24) is 5.32 Å². The highest BCUT2D eigenvalue weighted by atomic mass is 16.5. The van der Waals surface area contributed by atoms with Gasteiger partial charge in [0.25, 0.3) is 0 Å². The van der Waals surface area contributed by atoms with E-state index in [9.17, 15) is 10.2 Å². The molecule has 0 spiro atoms. The molecule has 2 aliphatic heterocycles. The quantitative estimate of drug-likeness (QED) is 0.188. The number of nitrogens with one attached hydrogen (secondary N) is 2. The van der Waals surface area contributed by atoms with Crippen LogP contribution < -0.4 is 34.3 Å². The molecule has 2 atom stereocenters. The van der Waals surface area contributed by atoms with Gasteiger partial charge in [-0.15, -0.1) is 0 Å². The molecule has 228 valence electrons. The van der Waals surface area contributed by atoms with Crippen molar-refractivity contribution in [2.45, 2.75) is 70.1 Å². The Balaban J connectivity index is 1.30. The average Bonchev–Trinajstić information content (AvgIpc) is 3.54. The number of fused-ring (bicyclic) bond motifs is 2. The van der Waals surface area contributed by atoms with Crippen LogP contribution in [0.15, 0.2) is 24.3 Å². The van der Waals surface area contributed by atoms with Crippen LogP contribution in [0.2, 0.25) is 0 Å². The summed E-state index contributed by atoms with van der Waals surface area (Å²) in [6.07, 6.45) is 4.95. The lowest BCUT2D eigenvalue weighted by atomic mass is 9.74. The number of anilines is 1. The third-order valence-corrected chi connectivity index (χ3v) is 9.43. The minimum atomic E-state index is -0.820. The van der Waals surface area contributed by atoms with E-state index in [4.69, 9.17) is 23.7 Å². The first-order valence-electron chi connectivity index (χ1n) is 15.4. The Bertz CT molecular complexity index is 1550. The first-order valence-corrected chi connectivity index (χ1v) is 15.4. The average molecular weight is 589 g/mol. The molecular weight excluding hydrogens is 548 g/mol. The number of rotatable bonds is 9. The molecule has 0 amide bonds. The standard InChI is InChI=1S/C34H40N2O7/c1-4-35-17-42-26-14-25(39-2)20-9-10-21-31-24(36-15-22(26)30(20)31)13-27-32(21)33(37)23(16-41-27)18-11-28(40-3)34(38)29(12-18)43-19-7-5-6-8-19/h11-14,19,23,33,35-38H,4-10,15-17H2,1-3H3/t23-,33-/m0/s1. The zero-order valence-electron chi connectivity index (χ0n) is 25.0. The van der Waals surface area contributed by atoms with Crippen LogP contribution in [-0.4, -0.2) is 50.4 Å². The number of ether oxygens (including phenoxy) is 5. The van der Waals surface area contributed by atoms with E-state index in [-0.39, 0.29) is 17.8 Å². The molecule has 4 aliphatic rings. The number of aromatic hydroxyl groups is 1. The second-order valence-electron chi connectivity index (χ2n) is 11.8. The van der Waals surface area contributed by atoms with Gasteiger partial charge < -0.3 is 39.2 Å². The minimum Gasteiger partial charge on any atom is -0.502 e. The molecule has 3 aromatic rings. The van der Waals surface area contributed by atoms with Crippen molar-refractivity contribution in [3.05, 3.63) is 52.1 Å². The van der Waals surface area contributed by atoms with Gasteiger partial charge in [-0.25, -0.2) is 0 Å². The Hall–Kier alpha value is -3.82. The van der Waals surface area contributed by atoms with Gasteiger partial charge in [0.05, 0.1) is 33.0 Å². The molecule has 3 aromatic carbocycles.